The smallest absolute Gasteiger partial charge is 0.303 e. The van der Waals surface area contributed by atoms with Crippen molar-refractivity contribution in [3.8, 4) is 0 Å². The fourth-order valence-corrected chi connectivity index (χ4v) is 2.66. The van der Waals surface area contributed by atoms with Gasteiger partial charge in [-0.05, 0) is 26.3 Å². The molecule has 2 aromatic rings. The van der Waals surface area contributed by atoms with E-state index in [-0.39, 0.29) is 12.3 Å². The summed E-state index contributed by atoms with van der Waals surface area (Å²) in [7, 11) is 1.64. The summed E-state index contributed by atoms with van der Waals surface area (Å²) in [6, 6.07) is 7.72. The van der Waals surface area contributed by atoms with E-state index in [1.165, 1.54) is 0 Å². The third-order valence-electron chi connectivity index (χ3n) is 3.99. The molecule has 0 aliphatic rings. The molecule has 1 heterocycles. The maximum atomic E-state index is 12.7. The highest BCUT2D eigenvalue weighted by atomic mass is 16.5. The first-order valence-corrected chi connectivity index (χ1v) is 7.95. The standard InChI is InChI=1S/C18H24N2O4/c1-18(2,9-8-16(21)22)19-17(23)14-12-20(10-11-24-3)15-7-5-4-6-13(14)15/h4-7,12H,8-11H2,1-3H3,(H,19,23)(H,21,22). The molecule has 1 aromatic heterocycles. The largest absolute Gasteiger partial charge is 0.481 e. The van der Waals surface area contributed by atoms with Crippen LogP contribution in [-0.4, -0.2) is 40.8 Å². The van der Waals surface area contributed by atoms with Gasteiger partial charge in [0.15, 0.2) is 0 Å². The molecule has 6 heteroatoms. The zero-order chi connectivity index (χ0) is 17.7. The quantitative estimate of drug-likeness (QED) is 0.779. The summed E-state index contributed by atoms with van der Waals surface area (Å²) in [5.41, 5.74) is 0.971. The van der Waals surface area contributed by atoms with Gasteiger partial charge in [-0.15, -0.1) is 0 Å². The number of carbonyl (C=O) groups excluding carboxylic acids is 1. The molecule has 1 aromatic carbocycles. The highest BCUT2D eigenvalue weighted by Crippen LogP contribution is 2.22. The summed E-state index contributed by atoms with van der Waals surface area (Å²) in [5, 5.41) is 12.6. The van der Waals surface area contributed by atoms with Crippen molar-refractivity contribution in [2.24, 2.45) is 0 Å². The number of rotatable bonds is 8. The van der Waals surface area contributed by atoms with Crippen LogP contribution in [0.3, 0.4) is 0 Å². The van der Waals surface area contributed by atoms with Gasteiger partial charge in [0.1, 0.15) is 0 Å². The topological polar surface area (TPSA) is 80.6 Å². The Kier molecular flexibility index (Phi) is 5.62. The van der Waals surface area contributed by atoms with E-state index >= 15 is 0 Å². The Morgan fingerprint density at radius 1 is 1.29 bits per heavy atom. The zero-order valence-electron chi connectivity index (χ0n) is 14.3. The van der Waals surface area contributed by atoms with E-state index in [1.807, 2.05) is 48.9 Å². The number of aliphatic carboxylic acids is 1. The molecule has 0 saturated carbocycles. The van der Waals surface area contributed by atoms with Gasteiger partial charge in [0.2, 0.25) is 0 Å². The van der Waals surface area contributed by atoms with Crippen molar-refractivity contribution in [2.45, 2.75) is 38.8 Å². The van der Waals surface area contributed by atoms with Gasteiger partial charge >= 0.3 is 5.97 Å². The molecular formula is C18H24N2O4. The second-order valence-corrected chi connectivity index (χ2v) is 6.48. The lowest BCUT2D eigenvalue weighted by atomic mass is 9.97. The molecule has 6 nitrogen and oxygen atoms in total. The number of carbonyl (C=O) groups is 2. The summed E-state index contributed by atoms with van der Waals surface area (Å²) in [6.45, 7) is 4.88. The summed E-state index contributed by atoms with van der Waals surface area (Å²) in [4.78, 5) is 23.5. The van der Waals surface area contributed by atoms with Crippen molar-refractivity contribution < 1.29 is 19.4 Å². The Hall–Kier alpha value is -2.34. The minimum Gasteiger partial charge on any atom is -0.481 e. The van der Waals surface area contributed by atoms with Gasteiger partial charge in [0, 0.05) is 42.7 Å². The lowest BCUT2D eigenvalue weighted by Gasteiger charge is -2.25. The average Bonchev–Trinajstić information content (AvgIpc) is 2.90. The Balaban J connectivity index is 2.24. The van der Waals surface area contributed by atoms with E-state index in [2.05, 4.69) is 5.32 Å². The van der Waals surface area contributed by atoms with Crippen LogP contribution in [0.4, 0.5) is 0 Å². The first-order valence-electron chi connectivity index (χ1n) is 7.95. The molecule has 0 saturated heterocycles. The van der Waals surface area contributed by atoms with E-state index in [0.29, 0.717) is 25.1 Å². The summed E-state index contributed by atoms with van der Waals surface area (Å²) < 4.78 is 7.12. The fourth-order valence-electron chi connectivity index (χ4n) is 2.66. The third kappa shape index (κ3) is 4.35. The van der Waals surface area contributed by atoms with Crippen LogP contribution < -0.4 is 5.32 Å². The van der Waals surface area contributed by atoms with Crippen LogP contribution in [0.5, 0.6) is 0 Å². The molecule has 0 atom stereocenters. The minimum atomic E-state index is -0.867. The highest BCUT2D eigenvalue weighted by Gasteiger charge is 2.24. The Bertz CT molecular complexity index is 734. The lowest BCUT2D eigenvalue weighted by molar-refractivity contribution is -0.137. The predicted molar refractivity (Wildman–Crippen MR) is 92.2 cm³/mol. The number of aromatic nitrogens is 1. The van der Waals surface area contributed by atoms with Crippen LogP contribution in [-0.2, 0) is 16.1 Å². The minimum absolute atomic E-state index is 0.0167. The SMILES string of the molecule is COCCn1cc(C(=O)NC(C)(C)CCC(=O)O)c2ccccc21. The van der Waals surface area contributed by atoms with Gasteiger partial charge in [-0.1, -0.05) is 18.2 Å². The number of hydrogen-bond donors (Lipinski definition) is 2. The fraction of sp³-hybridized carbons (Fsp3) is 0.444. The van der Waals surface area contributed by atoms with Crippen LogP contribution >= 0.6 is 0 Å². The summed E-state index contributed by atoms with van der Waals surface area (Å²) >= 11 is 0. The number of fused-ring (bicyclic) bond motifs is 1. The van der Waals surface area contributed by atoms with Crippen molar-refractivity contribution in [3.05, 3.63) is 36.0 Å². The van der Waals surface area contributed by atoms with Gasteiger partial charge in [-0.3, -0.25) is 9.59 Å². The molecule has 2 rings (SSSR count). The number of carboxylic acid groups (broad SMARTS) is 1. The van der Waals surface area contributed by atoms with Gasteiger partial charge in [0.05, 0.1) is 12.2 Å². The first-order chi connectivity index (χ1) is 11.3. The highest BCUT2D eigenvalue weighted by molar-refractivity contribution is 6.07. The number of para-hydroxylation sites is 1. The number of methoxy groups -OCH3 is 1. The summed E-state index contributed by atoms with van der Waals surface area (Å²) in [5.74, 6) is -1.06. The Labute approximate surface area is 141 Å². The molecule has 1 amide bonds. The molecule has 0 unspecified atom stereocenters. The number of nitrogens with zero attached hydrogens (tertiary/aromatic N) is 1. The molecule has 0 aliphatic carbocycles. The Morgan fingerprint density at radius 3 is 2.67 bits per heavy atom. The maximum absolute atomic E-state index is 12.7. The van der Waals surface area contributed by atoms with Crippen molar-refractivity contribution >= 4 is 22.8 Å². The Morgan fingerprint density at radius 2 is 2.00 bits per heavy atom. The first kappa shape index (κ1) is 18.0. The van der Waals surface area contributed by atoms with E-state index in [1.54, 1.807) is 7.11 Å². The second kappa shape index (κ2) is 7.49. The number of nitrogens with one attached hydrogen (secondary N) is 1. The van der Waals surface area contributed by atoms with Crippen LogP contribution in [0.25, 0.3) is 10.9 Å². The molecule has 0 bridgehead atoms. The van der Waals surface area contributed by atoms with Gasteiger partial charge in [0.25, 0.3) is 5.91 Å². The predicted octanol–water partition coefficient (Wildman–Crippen LogP) is 2.66. The summed E-state index contributed by atoms with van der Waals surface area (Å²) in [6.07, 6.45) is 2.21. The van der Waals surface area contributed by atoms with Crippen molar-refractivity contribution in [2.75, 3.05) is 13.7 Å². The molecule has 0 spiro atoms. The second-order valence-electron chi connectivity index (χ2n) is 6.48. The van der Waals surface area contributed by atoms with E-state index < -0.39 is 11.5 Å². The van der Waals surface area contributed by atoms with E-state index in [9.17, 15) is 9.59 Å². The van der Waals surface area contributed by atoms with Crippen LogP contribution in [0, 0.1) is 0 Å². The average molecular weight is 332 g/mol. The monoisotopic (exact) mass is 332 g/mol. The van der Waals surface area contributed by atoms with Gasteiger partial charge in [-0.25, -0.2) is 0 Å². The molecule has 0 aliphatic heterocycles. The van der Waals surface area contributed by atoms with Crippen LogP contribution in [0.1, 0.15) is 37.0 Å². The number of benzene rings is 1. The third-order valence-corrected chi connectivity index (χ3v) is 3.99. The number of carboxylic acids is 1. The van der Waals surface area contributed by atoms with Crippen LogP contribution in [0.2, 0.25) is 0 Å². The molecule has 24 heavy (non-hydrogen) atoms. The normalized spacial score (nSPS) is 11.6. The maximum Gasteiger partial charge on any atom is 0.303 e. The van der Waals surface area contributed by atoms with Crippen molar-refractivity contribution in [3.63, 3.8) is 0 Å². The number of hydrogen-bond acceptors (Lipinski definition) is 3. The number of ether oxygens (including phenoxy) is 1. The van der Waals surface area contributed by atoms with E-state index in [0.717, 1.165) is 10.9 Å². The molecular weight excluding hydrogens is 308 g/mol. The van der Waals surface area contributed by atoms with Gasteiger partial charge < -0.3 is 19.7 Å². The van der Waals surface area contributed by atoms with Crippen molar-refractivity contribution in [1.29, 1.82) is 0 Å². The molecule has 0 fully saturated rings. The lowest BCUT2D eigenvalue weighted by Crippen LogP contribution is -2.43. The van der Waals surface area contributed by atoms with E-state index in [4.69, 9.17) is 9.84 Å². The molecule has 0 radical (unpaired) electrons. The number of amides is 1. The molecule has 130 valence electrons. The molecule has 2 N–H and O–H groups in total. The zero-order valence-corrected chi connectivity index (χ0v) is 14.3. The van der Waals surface area contributed by atoms with Crippen LogP contribution in [0.15, 0.2) is 30.5 Å². The van der Waals surface area contributed by atoms with Gasteiger partial charge in [-0.2, -0.15) is 0 Å². The van der Waals surface area contributed by atoms with Crippen molar-refractivity contribution in [1.82, 2.24) is 9.88 Å².